The number of hydrogen-bond acceptors (Lipinski definition) is 6. The molecule has 0 saturated heterocycles. The fourth-order valence-corrected chi connectivity index (χ4v) is 3.20. The molecule has 25 heavy (non-hydrogen) atoms. The van der Waals surface area contributed by atoms with Gasteiger partial charge in [0, 0.05) is 22.0 Å². The number of halogens is 1. The summed E-state index contributed by atoms with van der Waals surface area (Å²) in [4.78, 5) is 4.30. The summed E-state index contributed by atoms with van der Waals surface area (Å²) in [6.45, 7) is 4.00. The van der Waals surface area contributed by atoms with Crippen molar-refractivity contribution in [1.82, 2.24) is 15.2 Å². The molecule has 0 saturated carbocycles. The highest BCUT2D eigenvalue weighted by Gasteiger charge is 2.15. The number of rotatable bonds is 2. The predicted molar refractivity (Wildman–Crippen MR) is 104 cm³/mol. The van der Waals surface area contributed by atoms with Gasteiger partial charge in [-0.05, 0) is 42.7 Å². The number of thioether (sulfide) groups is 1. The normalized spacial score (nSPS) is 14.6. The Morgan fingerprint density at radius 1 is 1.04 bits per heavy atom. The highest BCUT2D eigenvalue weighted by molar-refractivity contribution is 7.98. The summed E-state index contributed by atoms with van der Waals surface area (Å²) in [7, 11) is 0. The second-order valence-electron chi connectivity index (χ2n) is 5.49. The lowest BCUT2D eigenvalue weighted by Crippen LogP contribution is -2.33. The monoisotopic (exact) mass is 367 g/mol. The molecular weight excluding hydrogens is 354 g/mol. The van der Waals surface area contributed by atoms with Gasteiger partial charge in [0.1, 0.15) is 5.82 Å². The Morgan fingerprint density at radius 3 is 2.72 bits per heavy atom. The molecule has 4 rings (SSSR count). The minimum absolute atomic E-state index is 0.594. The SMILES string of the molecule is C=c1nnc(-c2ccnc(SC)c2)cc1=C1Nc2ccc(Cl)cc2N1. The number of pyridine rings is 1. The van der Waals surface area contributed by atoms with E-state index in [0.29, 0.717) is 10.4 Å². The van der Waals surface area contributed by atoms with Crippen LogP contribution in [0.4, 0.5) is 11.4 Å². The summed E-state index contributed by atoms with van der Waals surface area (Å²) in [5.41, 5.74) is 3.62. The molecule has 7 heteroatoms. The maximum absolute atomic E-state index is 6.06. The van der Waals surface area contributed by atoms with Crippen LogP contribution in [0.25, 0.3) is 23.7 Å². The maximum atomic E-state index is 6.06. The summed E-state index contributed by atoms with van der Waals surface area (Å²) < 4.78 is 0. The Hall–Kier alpha value is -2.57. The smallest absolute Gasteiger partial charge is 0.117 e. The lowest BCUT2D eigenvalue weighted by molar-refractivity contribution is 0.986. The van der Waals surface area contributed by atoms with Crippen LogP contribution in [0.3, 0.4) is 0 Å². The molecule has 0 aliphatic carbocycles. The molecule has 3 aromatic rings. The first-order valence-corrected chi connectivity index (χ1v) is 9.15. The average Bonchev–Trinajstić information content (AvgIpc) is 3.05. The van der Waals surface area contributed by atoms with Gasteiger partial charge in [-0.2, -0.15) is 5.10 Å². The molecule has 1 aliphatic heterocycles. The van der Waals surface area contributed by atoms with Crippen molar-refractivity contribution >= 4 is 47.1 Å². The molecule has 0 fully saturated rings. The Balaban J connectivity index is 1.83. The van der Waals surface area contributed by atoms with Gasteiger partial charge in [0.25, 0.3) is 0 Å². The molecule has 5 nitrogen and oxygen atoms in total. The Labute approximate surface area is 153 Å². The van der Waals surface area contributed by atoms with Gasteiger partial charge in [0.2, 0.25) is 0 Å². The zero-order chi connectivity index (χ0) is 17.4. The first kappa shape index (κ1) is 15.9. The van der Waals surface area contributed by atoms with E-state index in [9.17, 15) is 0 Å². The summed E-state index contributed by atoms with van der Waals surface area (Å²) in [5, 5.41) is 18.2. The van der Waals surface area contributed by atoms with Crippen molar-refractivity contribution in [2.75, 3.05) is 16.9 Å². The van der Waals surface area contributed by atoms with E-state index in [1.165, 1.54) is 0 Å². The molecule has 0 atom stereocenters. The third-order valence-electron chi connectivity index (χ3n) is 3.88. The van der Waals surface area contributed by atoms with Gasteiger partial charge in [-0.25, -0.2) is 4.98 Å². The van der Waals surface area contributed by atoms with Gasteiger partial charge in [0.05, 0.1) is 27.4 Å². The quantitative estimate of drug-likeness (QED) is 0.679. The van der Waals surface area contributed by atoms with Gasteiger partial charge in [-0.15, -0.1) is 16.9 Å². The van der Waals surface area contributed by atoms with Crippen molar-refractivity contribution in [1.29, 1.82) is 0 Å². The van der Waals surface area contributed by atoms with Gasteiger partial charge in [-0.1, -0.05) is 18.2 Å². The Kier molecular flexibility index (Phi) is 4.07. The van der Waals surface area contributed by atoms with E-state index in [1.54, 1.807) is 18.0 Å². The highest BCUT2D eigenvalue weighted by atomic mass is 35.5. The van der Waals surface area contributed by atoms with Crippen LogP contribution in [0.1, 0.15) is 0 Å². The molecule has 1 aliphatic rings. The first-order valence-electron chi connectivity index (χ1n) is 7.55. The molecule has 0 unspecified atom stereocenters. The van der Waals surface area contributed by atoms with Crippen molar-refractivity contribution in [2.24, 2.45) is 0 Å². The van der Waals surface area contributed by atoms with E-state index in [-0.39, 0.29) is 0 Å². The maximum Gasteiger partial charge on any atom is 0.117 e. The van der Waals surface area contributed by atoms with Crippen molar-refractivity contribution in [2.45, 2.75) is 5.03 Å². The summed E-state index contributed by atoms with van der Waals surface area (Å²) in [6.07, 6.45) is 3.77. The zero-order valence-electron chi connectivity index (χ0n) is 13.4. The van der Waals surface area contributed by atoms with E-state index in [1.807, 2.05) is 42.7 Å². The average molecular weight is 368 g/mol. The largest absolute Gasteiger partial charge is 0.340 e. The lowest BCUT2D eigenvalue weighted by Gasteiger charge is -2.04. The number of fused-ring (bicyclic) bond motifs is 1. The second-order valence-corrected chi connectivity index (χ2v) is 6.75. The summed E-state index contributed by atoms with van der Waals surface area (Å²) >= 11 is 7.65. The van der Waals surface area contributed by atoms with Crippen LogP contribution >= 0.6 is 23.4 Å². The highest BCUT2D eigenvalue weighted by Crippen LogP contribution is 2.32. The van der Waals surface area contributed by atoms with Gasteiger partial charge in [0.15, 0.2) is 0 Å². The predicted octanol–water partition coefficient (Wildman–Crippen LogP) is 2.93. The minimum atomic E-state index is 0.594. The van der Waals surface area contributed by atoms with Gasteiger partial charge >= 0.3 is 0 Å². The third-order valence-corrected chi connectivity index (χ3v) is 4.76. The fraction of sp³-hybridized carbons (Fsp3) is 0.0556. The number of anilines is 2. The van der Waals surface area contributed by atoms with Crippen LogP contribution < -0.4 is 21.2 Å². The molecular formula is C18H14ClN5S. The lowest BCUT2D eigenvalue weighted by atomic mass is 10.2. The topological polar surface area (TPSA) is 62.7 Å². The van der Waals surface area contributed by atoms with Crippen LogP contribution in [-0.4, -0.2) is 21.4 Å². The van der Waals surface area contributed by atoms with Gasteiger partial charge < -0.3 is 10.6 Å². The molecule has 124 valence electrons. The third kappa shape index (κ3) is 3.06. The minimum Gasteiger partial charge on any atom is -0.340 e. The number of hydrogen-bond donors (Lipinski definition) is 2. The molecule has 0 bridgehead atoms. The van der Waals surface area contributed by atoms with Crippen molar-refractivity contribution in [3.8, 4) is 11.3 Å². The van der Waals surface area contributed by atoms with Crippen LogP contribution in [0.15, 0.2) is 47.6 Å². The zero-order valence-corrected chi connectivity index (χ0v) is 14.9. The fourth-order valence-electron chi connectivity index (χ4n) is 2.62. The van der Waals surface area contributed by atoms with Crippen LogP contribution in [-0.2, 0) is 0 Å². The number of benzene rings is 1. The first-order chi connectivity index (χ1) is 12.1. The molecule has 0 amide bonds. The van der Waals surface area contributed by atoms with Crippen LogP contribution in [0, 0.1) is 0 Å². The van der Waals surface area contributed by atoms with E-state index in [4.69, 9.17) is 11.6 Å². The Bertz CT molecular complexity index is 1080. The summed E-state index contributed by atoms with van der Waals surface area (Å²) in [6, 6.07) is 11.5. The van der Waals surface area contributed by atoms with Crippen molar-refractivity contribution in [3.05, 3.63) is 58.2 Å². The number of nitrogens with one attached hydrogen (secondary N) is 2. The van der Waals surface area contributed by atoms with E-state index >= 15 is 0 Å². The van der Waals surface area contributed by atoms with E-state index in [0.717, 1.165) is 38.7 Å². The van der Waals surface area contributed by atoms with Gasteiger partial charge in [-0.3, -0.25) is 0 Å². The van der Waals surface area contributed by atoms with Crippen LogP contribution in [0.2, 0.25) is 5.02 Å². The van der Waals surface area contributed by atoms with E-state index < -0.39 is 0 Å². The molecule has 0 radical (unpaired) electrons. The Morgan fingerprint density at radius 2 is 1.88 bits per heavy atom. The standard InChI is InChI=1S/C18H14ClN5S/c1-10-13(18-21-14-4-3-12(19)8-16(14)22-18)9-15(24-23-10)11-5-6-20-17(7-11)25-2/h3-9,21-22H,1H2,2H3. The summed E-state index contributed by atoms with van der Waals surface area (Å²) in [5.74, 6) is 0.817. The van der Waals surface area contributed by atoms with E-state index in [2.05, 4.69) is 32.4 Å². The second kappa shape index (κ2) is 6.38. The van der Waals surface area contributed by atoms with Crippen molar-refractivity contribution in [3.63, 3.8) is 0 Å². The number of aromatic nitrogens is 3. The molecule has 3 heterocycles. The number of nitrogens with zero attached hydrogens (tertiary/aromatic N) is 3. The molecule has 2 aromatic heterocycles. The van der Waals surface area contributed by atoms with Crippen LogP contribution in [0.5, 0.6) is 0 Å². The van der Waals surface area contributed by atoms with Crippen molar-refractivity contribution < 1.29 is 0 Å². The molecule has 0 spiro atoms. The molecule has 1 aromatic carbocycles. The molecule has 2 N–H and O–H groups in total.